The third-order valence-electron chi connectivity index (χ3n) is 3.68. The molecule has 1 aromatic carbocycles. The van der Waals surface area contributed by atoms with Gasteiger partial charge in [-0.05, 0) is 30.0 Å². The number of hydrogen-bond acceptors (Lipinski definition) is 4. The molecule has 1 saturated heterocycles. The molecule has 0 unspecified atom stereocenters. The zero-order valence-corrected chi connectivity index (χ0v) is 13.3. The molecule has 2 aromatic rings. The predicted molar refractivity (Wildman–Crippen MR) is 86.9 cm³/mol. The molecule has 0 saturated carbocycles. The standard InChI is InChI=1S/C16H22N4O2/c1-16(2,3)10-20-13-6-5-11(9-12(13)18-14(20)17)19-7-4-8-22-15(19)21/h5-6,9H,4,7-8,10H2,1-3H3,(H2,17,18). The molecule has 1 fully saturated rings. The van der Waals surface area contributed by atoms with E-state index >= 15 is 0 Å². The molecule has 3 rings (SSSR count). The molecule has 0 aliphatic carbocycles. The van der Waals surface area contributed by atoms with Crippen LogP contribution in [0.5, 0.6) is 0 Å². The highest BCUT2D eigenvalue weighted by Crippen LogP contribution is 2.28. The number of anilines is 2. The summed E-state index contributed by atoms with van der Waals surface area (Å²) in [6, 6.07) is 5.80. The third-order valence-corrected chi connectivity index (χ3v) is 3.68. The number of carbonyl (C=O) groups excluding carboxylic acids is 1. The van der Waals surface area contributed by atoms with Gasteiger partial charge in [0.1, 0.15) is 0 Å². The molecular weight excluding hydrogens is 280 g/mol. The Morgan fingerprint density at radius 3 is 2.82 bits per heavy atom. The zero-order valence-electron chi connectivity index (χ0n) is 13.3. The van der Waals surface area contributed by atoms with E-state index in [4.69, 9.17) is 10.5 Å². The first-order valence-corrected chi connectivity index (χ1v) is 7.55. The number of nitrogens with two attached hydrogens (primary N) is 1. The van der Waals surface area contributed by atoms with E-state index in [0.29, 0.717) is 19.1 Å². The lowest BCUT2D eigenvalue weighted by atomic mass is 9.97. The van der Waals surface area contributed by atoms with Crippen LogP contribution in [-0.2, 0) is 11.3 Å². The van der Waals surface area contributed by atoms with Crippen molar-refractivity contribution in [2.75, 3.05) is 23.8 Å². The van der Waals surface area contributed by atoms with Crippen molar-refractivity contribution in [2.45, 2.75) is 33.7 Å². The molecule has 0 spiro atoms. The van der Waals surface area contributed by atoms with Gasteiger partial charge in [-0.2, -0.15) is 0 Å². The first-order valence-electron chi connectivity index (χ1n) is 7.55. The fourth-order valence-corrected chi connectivity index (χ4v) is 2.73. The lowest BCUT2D eigenvalue weighted by Gasteiger charge is -2.26. The summed E-state index contributed by atoms with van der Waals surface area (Å²) in [6.45, 7) is 8.44. The van der Waals surface area contributed by atoms with Crippen molar-refractivity contribution in [3.63, 3.8) is 0 Å². The largest absolute Gasteiger partial charge is 0.449 e. The number of hydrogen-bond donors (Lipinski definition) is 1. The molecule has 22 heavy (non-hydrogen) atoms. The van der Waals surface area contributed by atoms with Gasteiger partial charge < -0.3 is 15.0 Å². The second-order valence-corrected chi connectivity index (χ2v) is 6.91. The van der Waals surface area contributed by atoms with Crippen molar-refractivity contribution in [1.82, 2.24) is 9.55 Å². The lowest BCUT2D eigenvalue weighted by molar-refractivity contribution is 0.140. The van der Waals surface area contributed by atoms with Gasteiger partial charge in [-0.15, -0.1) is 0 Å². The van der Waals surface area contributed by atoms with E-state index in [-0.39, 0.29) is 11.5 Å². The number of aromatic nitrogens is 2. The maximum Gasteiger partial charge on any atom is 0.414 e. The van der Waals surface area contributed by atoms with Crippen LogP contribution in [0.15, 0.2) is 18.2 Å². The number of fused-ring (bicyclic) bond motifs is 1. The van der Waals surface area contributed by atoms with Crippen LogP contribution in [0.3, 0.4) is 0 Å². The van der Waals surface area contributed by atoms with Gasteiger partial charge >= 0.3 is 6.09 Å². The molecule has 1 aromatic heterocycles. The van der Waals surface area contributed by atoms with Crippen LogP contribution in [0.1, 0.15) is 27.2 Å². The highest BCUT2D eigenvalue weighted by molar-refractivity contribution is 5.92. The van der Waals surface area contributed by atoms with Crippen molar-refractivity contribution in [3.8, 4) is 0 Å². The van der Waals surface area contributed by atoms with Crippen LogP contribution in [0.25, 0.3) is 11.0 Å². The van der Waals surface area contributed by atoms with Crippen LogP contribution < -0.4 is 10.6 Å². The number of nitrogens with zero attached hydrogens (tertiary/aromatic N) is 3. The van der Waals surface area contributed by atoms with Crippen molar-refractivity contribution < 1.29 is 9.53 Å². The fourth-order valence-electron chi connectivity index (χ4n) is 2.73. The first-order chi connectivity index (χ1) is 10.3. The van der Waals surface area contributed by atoms with Gasteiger partial charge in [0.2, 0.25) is 5.95 Å². The smallest absolute Gasteiger partial charge is 0.414 e. The topological polar surface area (TPSA) is 73.4 Å². The van der Waals surface area contributed by atoms with E-state index in [1.54, 1.807) is 4.90 Å². The number of carbonyl (C=O) groups is 1. The van der Waals surface area contributed by atoms with Gasteiger partial charge in [0.15, 0.2) is 0 Å². The molecule has 1 aliphatic rings. The van der Waals surface area contributed by atoms with Gasteiger partial charge in [0, 0.05) is 18.8 Å². The van der Waals surface area contributed by atoms with Crippen molar-refractivity contribution in [2.24, 2.45) is 5.41 Å². The number of ether oxygens (including phenoxy) is 1. The number of imidazole rings is 1. The SMILES string of the molecule is CC(C)(C)Cn1c(N)nc2cc(N3CCCOC3=O)ccc21. The molecule has 1 aliphatic heterocycles. The predicted octanol–water partition coefficient (Wildman–Crippen LogP) is 3.01. The Balaban J connectivity index is 1.99. The van der Waals surface area contributed by atoms with Crippen LogP contribution in [0.2, 0.25) is 0 Å². The summed E-state index contributed by atoms with van der Waals surface area (Å²) in [5.41, 5.74) is 8.77. The Morgan fingerprint density at radius 2 is 2.14 bits per heavy atom. The molecule has 0 radical (unpaired) electrons. The number of nitrogen functional groups attached to an aromatic ring is 1. The summed E-state index contributed by atoms with van der Waals surface area (Å²) < 4.78 is 7.11. The van der Waals surface area contributed by atoms with E-state index in [1.807, 2.05) is 22.8 Å². The number of cyclic esters (lactones) is 1. The van der Waals surface area contributed by atoms with E-state index in [0.717, 1.165) is 29.7 Å². The Kier molecular flexibility index (Phi) is 3.47. The van der Waals surface area contributed by atoms with Crippen LogP contribution in [0, 0.1) is 5.41 Å². The van der Waals surface area contributed by atoms with Crippen LogP contribution in [-0.4, -0.2) is 28.8 Å². The fraction of sp³-hybridized carbons (Fsp3) is 0.500. The van der Waals surface area contributed by atoms with Gasteiger partial charge in [-0.3, -0.25) is 4.90 Å². The summed E-state index contributed by atoms with van der Waals surface area (Å²) in [5, 5.41) is 0. The molecular formula is C16H22N4O2. The second kappa shape index (κ2) is 5.19. The molecule has 0 bridgehead atoms. The molecule has 1 amide bonds. The Hall–Kier alpha value is -2.24. The average molecular weight is 302 g/mol. The van der Waals surface area contributed by atoms with Crippen molar-refractivity contribution in [3.05, 3.63) is 18.2 Å². The Bertz CT molecular complexity index is 715. The minimum Gasteiger partial charge on any atom is -0.449 e. The lowest BCUT2D eigenvalue weighted by Crippen LogP contribution is -2.37. The van der Waals surface area contributed by atoms with Gasteiger partial charge in [0.25, 0.3) is 0 Å². The molecule has 0 atom stereocenters. The van der Waals surface area contributed by atoms with Crippen LogP contribution in [0.4, 0.5) is 16.4 Å². The summed E-state index contributed by atoms with van der Waals surface area (Å²) in [5.74, 6) is 0.503. The summed E-state index contributed by atoms with van der Waals surface area (Å²) in [4.78, 5) is 17.9. The van der Waals surface area contributed by atoms with Gasteiger partial charge in [0.05, 0.1) is 17.6 Å². The molecule has 6 heteroatoms. The highest BCUT2D eigenvalue weighted by atomic mass is 16.6. The molecule has 2 heterocycles. The minimum atomic E-state index is -0.298. The highest BCUT2D eigenvalue weighted by Gasteiger charge is 2.23. The number of rotatable bonds is 2. The van der Waals surface area contributed by atoms with Crippen molar-refractivity contribution in [1.29, 1.82) is 0 Å². The maximum atomic E-state index is 11.8. The monoisotopic (exact) mass is 302 g/mol. The second-order valence-electron chi connectivity index (χ2n) is 6.91. The Labute approximate surface area is 129 Å². The normalized spacial score (nSPS) is 16.1. The van der Waals surface area contributed by atoms with E-state index in [1.165, 1.54) is 0 Å². The van der Waals surface area contributed by atoms with Crippen molar-refractivity contribution >= 4 is 28.8 Å². The molecule has 2 N–H and O–H groups in total. The molecule has 118 valence electrons. The van der Waals surface area contributed by atoms with E-state index in [2.05, 4.69) is 25.8 Å². The number of amides is 1. The van der Waals surface area contributed by atoms with E-state index < -0.39 is 0 Å². The summed E-state index contributed by atoms with van der Waals surface area (Å²) in [6.07, 6.45) is 0.539. The molecule has 6 nitrogen and oxygen atoms in total. The van der Waals surface area contributed by atoms with E-state index in [9.17, 15) is 4.79 Å². The maximum absolute atomic E-state index is 11.8. The average Bonchev–Trinajstić information content (AvgIpc) is 2.73. The van der Waals surface area contributed by atoms with Crippen LogP contribution >= 0.6 is 0 Å². The number of benzene rings is 1. The third kappa shape index (κ3) is 2.73. The summed E-state index contributed by atoms with van der Waals surface area (Å²) >= 11 is 0. The first kappa shape index (κ1) is 14.7. The van der Waals surface area contributed by atoms with Gasteiger partial charge in [-0.25, -0.2) is 9.78 Å². The zero-order chi connectivity index (χ0) is 15.9. The quantitative estimate of drug-likeness (QED) is 0.925. The van der Waals surface area contributed by atoms with Gasteiger partial charge in [-0.1, -0.05) is 20.8 Å². The Morgan fingerprint density at radius 1 is 1.36 bits per heavy atom. The minimum absolute atomic E-state index is 0.108. The summed E-state index contributed by atoms with van der Waals surface area (Å²) in [7, 11) is 0.